The summed E-state index contributed by atoms with van der Waals surface area (Å²) in [6, 6.07) is 10.8. The number of nitrogens with zero attached hydrogens (tertiary/aromatic N) is 1. The maximum absolute atomic E-state index is 13.2. The lowest BCUT2D eigenvalue weighted by atomic mass is 10.1. The number of amides is 2. The Labute approximate surface area is 159 Å². The molecule has 2 aromatic rings. The van der Waals surface area contributed by atoms with Crippen LogP contribution in [0.15, 0.2) is 41.8 Å². The van der Waals surface area contributed by atoms with Crippen LogP contribution >= 0.6 is 34.7 Å². The van der Waals surface area contributed by atoms with E-state index in [0.717, 1.165) is 17.7 Å². The van der Waals surface area contributed by atoms with Crippen LogP contribution in [0.1, 0.15) is 33.5 Å². The van der Waals surface area contributed by atoms with Crippen LogP contribution in [0.5, 0.6) is 0 Å². The molecule has 0 spiro atoms. The van der Waals surface area contributed by atoms with E-state index >= 15 is 0 Å². The van der Waals surface area contributed by atoms with Crippen LogP contribution in [-0.2, 0) is 4.79 Å². The molecule has 1 aliphatic carbocycles. The Hall–Kier alpha value is -1.50. The third-order valence-electron chi connectivity index (χ3n) is 4.35. The van der Waals surface area contributed by atoms with E-state index in [1.54, 1.807) is 52.3 Å². The maximum atomic E-state index is 13.2. The van der Waals surface area contributed by atoms with Crippen LogP contribution in [-0.4, -0.2) is 34.6 Å². The molecular formula is C18H17ClN2O2S2. The minimum absolute atomic E-state index is 0.0607. The van der Waals surface area contributed by atoms with Crippen molar-refractivity contribution in [3.8, 4) is 0 Å². The second-order valence-corrected chi connectivity index (χ2v) is 8.69. The van der Waals surface area contributed by atoms with Crippen molar-refractivity contribution in [2.75, 3.05) is 5.75 Å². The molecule has 130 valence electrons. The summed E-state index contributed by atoms with van der Waals surface area (Å²) in [6.45, 7) is 0. The third kappa shape index (κ3) is 3.43. The number of halogens is 1. The molecule has 1 aliphatic heterocycles. The molecule has 1 aromatic heterocycles. The molecule has 0 radical (unpaired) electrons. The summed E-state index contributed by atoms with van der Waals surface area (Å²) in [5, 5.41) is 5.29. The normalized spacial score (nSPS) is 22.8. The number of benzene rings is 1. The number of hydrogen-bond donors (Lipinski definition) is 1. The van der Waals surface area contributed by atoms with Crippen molar-refractivity contribution in [3.05, 3.63) is 57.2 Å². The fourth-order valence-corrected chi connectivity index (χ4v) is 5.52. The second kappa shape index (κ2) is 7.02. The molecule has 7 heteroatoms. The number of nitrogens with one attached hydrogen (secondary N) is 1. The zero-order chi connectivity index (χ0) is 17.4. The fourth-order valence-electron chi connectivity index (χ4n) is 2.91. The standard InChI is InChI=1S/C18H17ClN2O2S2/c19-13-5-2-1-4-12(13)17(23)21-14(16(22)20-11-7-8-11)10-25-18(21)15-6-3-9-24-15/h1-6,9,11,14,18H,7-8,10H2,(H,20,22). The van der Waals surface area contributed by atoms with Gasteiger partial charge in [0.05, 0.1) is 10.6 Å². The molecule has 2 amide bonds. The minimum atomic E-state index is -0.471. The van der Waals surface area contributed by atoms with Crippen molar-refractivity contribution >= 4 is 46.5 Å². The molecule has 4 rings (SSSR count). The van der Waals surface area contributed by atoms with E-state index in [2.05, 4.69) is 5.32 Å². The van der Waals surface area contributed by atoms with E-state index in [9.17, 15) is 9.59 Å². The zero-order valence-electron chi connectivity index (χ0n) is 13.4. The number of hydrogen-bond acceptors (Lipinski definition) is 4. The molecule has 0 bridgehead atoms. The number of carbonyl (C=O) groups excluding carboxylic acids is 2. The molecule has 1 aromatic carbocycles. The summed E-state index contributed by atoms with van der Waals surface area (Å²) >= 11 is 9.47. The Morgan fingerprint density at radius 1 is 1.16 bits per heavy atom. The van der Waals surface area contributed by atoms with Gasteiger partial charge in [0, 0.05) is 16.7 Å². The van der Waals surface area contributed by atoms with Gasteiger partial charge < -0.3 is 10.2 Å². The summed E-state index contributed by atoms with van der Waals surface area (Å²) in [6.07, 6.45) is 2.05. The summed E-state index contributed by atoms with van der Waals surface area (Å²) < 4.78 is 0. The van der Waals surface area contributed by atoms with Crippen LogP contribution in [0.2, 0.25) is 5.02 Å². The first-order valence-corrected chi connectivity index (χ1v) is 10.5. The van der Waals surface area contributed by atoms with E-state index in [1.165, 1.54) is 0 Å². The van der Waals surface area contributed by atoms with Gasteiger partial charge in [-0.3, -0.25) is 9.59 Å². The fraction of sp³-hybridized carbons (Fsp3) is 0.333. The highest BCUT2D eigenvalue weighted by atomic mass is 35.5. The average molecular weight is 393 g/mol. The van der Waals surface area contributed by atoms with Gasteiger partial charge in [-0.25, -0.2) is 0 Å². The monoisotopic (exact) mass is 392 g/mol. The number of rotatable bonds is 4. The SMILES string of the molecule is O=C(NC1CC1)C1CSC(c2cccs2)N1C(=O)c1ccccc1Cl. The first-order chi connectivity index (χ1) is 12.1. The van der Waals surface area contributed by atoms with E-state index in [1.807, 2.05) is 17.5 Å². The van der Waals surface area contributed by atoms with Gasteiger partial charge in [-0.1, -0.05) is 29.8 Å². The lowest BCUT2D eigenvalue weighted by Gasteiger charge is -2.28. The van der Waals surface area contributed by atoms with Crippen molar-refractivity contribution < 1.29 is 9.59 Å². The van der Waals surface area contributed by atoms with Crippen LogP contribution in [0.3, 0.4) is 0 Å². The molecule has 2 atom stereocenters. The average Bonchev–Trinajstić information content (AvgIpc) is 3.11. The summed E-state index contributed by atoms with van der Waals surface area (Å²) in [7, 11) is 0. The summed E-state index contributed by atoms with van der Waals surface area (Å²) in [5.74, 6) is 0.344. The first-order valence-electron chi connectivity index (χ1n) is 8.17. The van der Waals surface area contributed by atoms with E-state index in [-0.39, 0.29) is 23.2 Å². The first kappa shape index (κ1) is 16.9. The van der Waals surface area contributed by atoms with Gasteiger partial charge in [0.1, 0.15) is 11.4 Å². The second-order valence-electron chi connectivity index (χ2n) is 6.19. The summed E-state index contributed by atoms with van der Waals surface area (Å²) in [5.41, 5.74) is 0.442. The van der Waals surface area contributed by atoms with Gasteiger partial charge in [0.15, 0.2) is 0 Å². The van der Waals surface area contributed by atoms with Gasteiger partial charge >= 0.3 is 0 Å². The zero-order valence-corrected chi connectivity index (χ0v) is 15.7. The van der Waals surface area contributed by atoms with E-state index in [0.29, 0.717) is 16.3 Å². The third-order valence-corrected chi connectivity index (χ3v) is 7.06. The molecule has 2 heterocycles. The van der Waals surface area contributed by atoms with Crippen molar-refractivity contribution in [3.63, 3.8) is 0 Å². The highest BCUT2D eigenvalue weighted by molar-refractivity contribution is 7.99. The molecule has 2 fully saturated rings. The van der Waals surface area contributed by atoms with Crippen molar-refractivity contribution in [1.82, 2.24) is 10.2 Å². The highest BCUT2D eigenvalue weighted by Crippen LogP contribution is 2.44. The molecule has 1 saturated carbocycles. The van der Waals surface area contributed by atoms with E-state index in [4.69, 9.17) is 11.6 Å². The predicted molar refractivity (Wildman–Crippen MR) is 102 cm³/mol. The highest BCUT2D eigenvalue weighted by Gasteiger charge is 2.44. The lowest BCUT2D eigenvalue weighted by molar-refractivity contribution is -0.125. The van der Waals surface area contributed by atoms with Crippen LogP contribution in [0.4, 0.5) is 0 Å². The number of carbonyl (C=O) groups is 2. The molecular weight excluding hydrogens is 376 g/mol. The maximum Gasteiger partial charge on any atom is 0.257 e. The largest absolute Gasteiger partial charge is 0.352 e. The van der Waals surface area contributed by atoms with Gasteiger partial charge in [-0.05, 0) is 36.4 Å². The molecule has 2 unspecified atom stereocenters. The van der Waals surface area contributed by atoms with Gasteiger partial charge in [-0.15, -0.1) is 23.1 Å². The van der Waals surface area contributed by atoms with Crippen molar-refractivity contribution in [2.45, 2.75) is 30.3 Å². The number of thioether (sulfide) groups is 1. The van der Waals surface area contributed by atoms with Gasteiger partial charge in [-0.2, -0.15) is 0 Å². The Morgan fingerprint density at radius 2 is 1.96 bits per heavy atom. The Morgan fingerprint density at radius 3 is 2.64 bits per heavy atom. The summed E-state index contributed by atoms with van der Waals surface area (Å²) in [4.78, 5) is 28.7. The van der Waals surface area contributed by atoms with Gasteiger partial charge in [0.2, 0.25) is 5.91 Å². The molecule has 1 N–H and O–H groups in total. The Kier molecular flexibility index (Phi) is 4.75. The molecule has 25 heavy (non-hydrogen) atoms. The van der Waals surface area contributed by atoms with Gasteiger partial charge in [0.25, 0.3) is 5.91 Å². The smallest absolute Gasteiger partial charge is 0.257 e. The topological polar surface area (TPSA) is 49.4 Å². The molecule has 2 aliphatic rings. The number of thiophene rings is 1. The molecule has 1 saturated heterocycles. The van der Waals surface area contributed by atoms with Crippen LogP contribution < -0.4 is 5.32 Å². The Balaban J connectivity index is 1.67. The van der Waals surface area contributed by atoms with Crippen molar-refractivity contribution in [1.29, 1.82) is 0 Å². The van der Waals surface area contributed by atoms with E-state index < -0.39 is 6.04 Å². The van der Waals surface area contributed by atoms with Crippen LogP contribution in [0.25, 0.3) is 0 Å². The molecule has 4 nitrogen and oxygen atoms in total. The predicted octanol–water partition coefficient (Wildman–Crippen LogP) is 3.94. The lowest BCUT2D eigenvalue weighted by Crippen LogP contribution is -2.48. The Bertz CT molecular complexity index is 792. The van der Waals surface area contributed by atoms with Crippen molar-refractivity contribution in [2.24, 2.45) is 0 Å². The quantitative estimate of drug-likeness (QED) is 0.857. The minimum Gasteiger partial charge on any atom is -0.352 e. The van der Waals surface area contributed by atoms with Crippen LogP contribution in [0, 0.1) is 0 Å².